The molecule has 0 spiro atoms. The minimum atomic E-state index is -3.57. The Balaban J connectivity index is 1.88. The summed E-state index contributed by atoms with van der Waals surface area (Å²) >= 11 is 1.48. The van der Waals surface area contributed by atoms with Gasteiger partial charge in [-0.2, -0.15) is 17.4 Å². The van der Waals surface area contributed by atoms with E-state index in [0.717, 1.165) is 29.7 Å². The molecular formula is C16H19FN2O2S2. The molecule has 124 valence electrons. The van der Waals surface area contributed by atoms with Crippen molar-refractivity contribution in [2.24, 2.45) is 0 Å². The third kappa shape index (κ3) is 3.98. The van der Waals surface area contributed by atoms with Gasteiger partial charge >= 0.3 is 0 Å². The number of hydrogen-bond acceptors (Lipinski definition) is 3. The molecule has 2 aromatic rings. The van der Waals surface area contributed by atoms with E-state index in [4.69, 9.17) is 0 Å². The molecule has 1 aliphatic heterocycles. The van der Waals surface area contributed by atoms with E-state index in [-0.39, 0.29) is 5.82 Å². The number of hydrogen-bond donors (Lipinski definition) is 1. The van der Waals surface area contributed by atoms with Gasteiger partial charge in [0.05, 0.1) is 6.04 Å². The van der Waals surface area contributed by atoms with Gasteiger partial charge in [0.1, 0.15) is 5.82 Å². The van der Waals surface area contributed by atoms with E-state index in [1.807, 2.05) is 17.5 Å². The monoisotopic (exact) mass is 354 g/mol. The van der Waals surface area contributed by atoms with Crippen molar-refractivity contribution in [2.45, 2.75) is 25.3 Å². The van der Waals surface area contributed by atoms with E-state index >= 15 is 0 Å². The van der Waals surface area contributed by atoms with Gasteiger partial charge in [-0.05, 0) is 42.0 Å². The third-order valence-corrected chi connectivity index (χ3v) is 6.47. The zero-order valence-electron chi connectivity index (χ0n) is 12.6. The summed E-state index contributed by atoms with van der Waals surface area (Å²) in [4.78, 5) is 0.886. The molecule has 1 atom stereocenters. The number of thiophene rings is 1. The van der Waals surface area contributed by atoms with Crippen molar-refractivity contribution in [1.29, 1.82) is 0 Å². The smallest absolute Gasteiger partial charge is 0.207 e. The standard InChI is InChI=1S/C16H19FN2O2S2/c17-14-8-6-13(7-9-14)16(15-5-4-12-22-15)18-23(20,21)19-10-2-1-3-11-19/h4-9,12,16,18H,1-3,10-11H2. The first-order valence-corrected chi connectivity index (χ1v) is 9.94. The molecule has 0 aliphatic carbocycles. The molecule has 1 saturated heterocycles. The lowest BCUT2D eigenvalue weighted by Gasteiger charge is -2.28. The zero-order valence-corrected chi connectivity index (χ0v) is 14.2. The maximum absolute atomic E-state index is 13.2. The van der Waals surface area contributed by atoms with E-state index in [1.165, 1.54) is 27.8 Å². The summed E-state index contributed by atoms with van der Waals surface area (Å²) in [5.41, 5.74) is 0.731. The summed E-state index contributed by atoms with van der Waals surface area (Å²) < 4.78 is 42.8. The lowest BCUT2D eigenvalue weighted by atomic mass is 10.1. The van der Waals surface area contributed by atoms with Gasteiger partial charge < -0.3 is 0 Å². The van der Waals surface area contributed by atoms with Crippen LogP contribution < -0.4 is 4.72 Å². The Morgan fingerprint density at radius 3 is 2.39 bits per heavy atom. The summed E-state index contributed by atoms with van der Waals surface area (Å²) in [5, 5.41) is 1.90. The third-order valence-electron chi connectivity index (χ3n) is 3.95. The van der Waals surface area contributed by atoms with Crippen LogP contribution in [0.25, 0.3) is 0 Å². The van der Waals surface area contributed by atoms with Gasteiger partial charge in [0, 0.05) is 18.0 Å². The van der Waals surface area contributed by atoms with E-state index < -0.39 is 16.3 Å². The van der Waals surface area contributed by atoms with Crippen LogP contribution in [0.3, 0.4) is 0 Å². The quantitative estimate of drug-likeness (QED) is 0.896. The highest BCUT2D eigenvalue weighted by molar-refractivity contribution is 7.87. The Morgan fingerprint density at radius 2 is 1.78 bits per heavy atom. The molecule has 1 fully saturated rings. The van der Waals surface area contributed by atoms with Crippen LogP contribution in [-0.2, 0) is 10.2 Å². The van der Waals surface area contributed by atoms with Crippen molar-refractivity contribution in [3.05, 3.63) is 58.0 Å². The molecule has 1 aromatic carbocycles. The summed E-state index contributed by atoms with van der Waals surface area (Å²) in [5.74, 6) is -0.336. The van der Waals surface area contributed by atoms with E-state index in [1.54, 1.807) is 12.1 Å². The van der Waals surface area contributed by atoms with Gasteiger partial charge in [0.2, 0.25) is 0 Å². The minimum absolute atomic E-state index is 0.336. The average molecular weight is 354 g/mol. The zero-order chi connectivity index (χ0) is 16.3. The Bertz CT molecular complexity index is 724. The van der Waals surface area contributed by atoms with Crippen LogP contribution in [0.1, 0.15) is 35.7 Å². The van der Waals surface area contributed by atoms with Crippen molar-refractivity contribution < 1.29 is 12.8 Å². The first-order chi connectivity index (χ1) is 11.1. The second-order valence-corrected chi connectivity index (χ2v) is 8.26. The van der Waals surface area contributed by atoms with Crippen molar-refractivity contribution in [3.63, 3.8) is 0 Å². The first-order valence-electron chi connectivity index (χ1n) is 7.62. The van der Waals surface area contributed by atoms with Gasteiger partial charge in [-0.25, -0.2) is 4.39 Å². The fraction of sp³-hybridized carbons (Fsp3) is 0.375. The fourth-order valence-electron chi connectivity index (χ4n) is 2.73. The molecule has 0 saturated carbocycles. The van der Waals surface area contributed by atoms with Gasteiger partial charge in [0.25, 0.3) is 10.2 Å². The lowest BCUT2D eigenvalue weighted by Crippen LogP contribution is -2.44. The molecule has 1 aromatic heterocycles. The summed E-state index contributed by atoms with van der Waals surface area (Å²) in [6.07, 6.45) is 2.85. The predicted molar refractivity (Wildman–Crippen MR) is 90.0 cm³/mol. The number of nitrogens with zero attached hydrogens (tertiary/aromatic N) is 1. The number of piperidine rings is 1. The molecule has 0 bridgehead atoms. The van der Waals surface area contributed by atoms with Crippen molar-refractivity contribution in [3.8, 4) is 0 Å². The lowest BCUT2D eigenvalue weighted by molar-refractivity contribution is 0.340. The van der Waals surface area contributed by atoms with Crippen LogP contribution in [0, 0.1) is 5.82 Å². The van der Waals surface area contributed by atoms with E-state index in [0.29, 0.717) is 13.1 Å². The normalized spacial score (nSPS) is 18.0. The molecule has 3 rings (SSSR count). The molecule has 1 N–H and O–H groups in total. The van der Waals surface area contributed by atoms with Crippen LogP contribution in [0.15, 0.2) is 41.8 Å². The van der Waals surface area contributed by atoms with Crippen LogP contribution in [0.4, 0.5) is 4.39 Å². The molecule has 2 heterocycles. The largest absolute Gasteiger partial charge is 0.280 e. The highest BCUT2D eigenvalue weighted by Gasteiger charge is 2.28. The molecular weight excluding hydrogens is 335 g/mol. The molecule has 4 nitrogen and oxygen atoms in total. The first kappa shape index (κ1) is 16.6. The van der Waals surface area contributed by atoms with E-state index in [9.17, 15) is 12.8 Å². The molecule has 0 radical (unpaired) electrons. The van der Waals surface area contributed by atoms with E-state index in [2.05, 4.69) is 4.72 Å². The van der Waals surface area contributed by atoms with Gasteiger partial charge in [-0.3, -0.25) is 0 Å². The number of nitrogens with one attached hydrogen (secondary N) is 1. The molecule has 1 unspecified atom stereocenters. The van der Waals surface area contributed by atoms with Gasteiger partial charge in [-0.15, -0.1) is 11.3 Å². The highest BCUT2D eigenvalue weighted by atomic mass is 32.2. The minimum Gasteiger partial charge on any atom is -0.207 e. The average Bonchev–Trinajstić information content (AvgIpc) is 3.09. The highest BCUT2D eigenvalue weighted by Crippen LogP contribution is 2.28. The van der Waals surface area contributed by atoms with Crippen molar-refractivity contribution >= 4 is 21.5 Å². The van der Waals surface area contributed by atoms with Crippen molar-refractivity contribution in [1.82, 2.24) is 9.03 Å². The summed E-state index contributed by atoms with van der Waals surface area (Å²) in [7, 11) is -3.57. The topological polar surface area (TPSA) is 49.4 Å². The second kappa shape index (κ2) is 7.09. The van der Waals surface area contributed by atoms with Crippen LogP contribution in [0.5, 0.6) is 0 Å². The van der Waals surface area contributed by atoms with Crippen molar-refractivity contribution in [2.75, 3.05) is 13.1 Å². The van der Waals surface area contributed by atoms with Gasteiger partial charge in [0.15, 0.2) is 0 Å². The number of benzene rings is 1. The fourth-order valence-corrected chi connectivity index (χ4v) is 5.06. The summed E-state index contributed by atoms with van der Waals surface area (Å²) in [6.45, 7) is 1.10. The maximum Gasteiger partial charge on any atom is 0.280 e. The number of halogens is 1. The van der Waals surface area contributed by atoms with Crippen LogP contribution in [0.2, 0.25) is 0 Å². The van der Waals surface area contributed by atoms with Gasteiger partial charge in [-0.1, -0.05) is 24.6 Å². The van der Waals surface area contributed by atoms with Crippen LogP contribution >= 0.6 is 11.3 Å². The van der Waals surface area contributed by atoms with Crippen LogP contribution in [-0.4, -0.2) is 25.8 Å². The molecule has 1 aliphatic rings. The maximum atomic E-state index is 13.2. The molecule has 23 heavy (non-hydrogen) atoms. The number of rotatable bonds is 5. The molecule has 0 amide bonds. The Hall–Kier alpha value is -1.28. The summed E-state index contributed by atoms with van der Waals surface area (Å²) in [6, 6.07) is 9.22. The Morgan fingerprint density at radius 1 is 1.09 bits per heavy atom. The Labute approximate surface area is 140 Å². The Kier molecular flexibility index (Phi) is 5.11. The molecule has 7 heteroatoms. The predicted octanol–water partition coefficient (Wildman–Crippen LogP) is 3.30. The second-order valence-electron chi connectivity index (χ2n) is 5.58. The SMILES string of the molecule is O=S(=O)(NC(c1ccc(F)cc1)c1cccs1)N1CCCCC1.